The van der Waals surface area contributed by atoms with E-state index in [1.807, 2.05) is 53.5 Å². The van der Waals surface area contributed by atoms with Gasteiger partial charge in [0, 0.05) is 41.8 Å². The van der Waals surface area contributed by atoms with Gasteiger partial charge in [-0.25, -0.2) is 0 Å². The number of morpholine rings is 1. The molecule has 4 aromatic rings. The maximum atomic E-state index is 9.27. The van der Waals surface area contributed by atoms with Crippen LogP contribution in [0.15, 0.2) is 71.8 Å². The van der Waals surface area contributed by atoms with Gasteiger partial charge in [-0.3, -0.25) is 5.01 Å². The van der Waals surface area contributed by atoms with E-state index in [1.54, 1.807) is 13.2 Å². The molecule has 0 aliphatic carbocycles. The molecule has 0 amide bonds. The van der Waals surface area contributed by atoms with Crippen LogP contribution in [0.5, 0.6) is 5.75 Å². The number of aliphatic hydroxyl groups excluding tert-OH is 1. The molecular formula is C31H32Cl2N8O3. The molecule has 0 bridgehead atoms. The Hall–Kier alpha value is -4.16. The van der Waals surface area contributed by atoms with E-state index in [9.17, 15) is 5.11 Å². The van der Waals surface area contributed by atoms with Gasteiger partial charge < -0.3 is 30.1 Å². The molecule has 1 atom stereocenters. The number of halogens is 2. The van der Waals surface area contributed by atoms with Gasteiger partial charge in [0.15, 0.2) is 0 Å². The molecule has 3 N–H and O–H groups in total. The van der Waals surface area contributed by atoms with Crippen molar-refractivity contribution in [2.75, 3.05) is 67.1 Å². The monoisotopic (exact) mass is 634 g/mol. The van der Waals surface area contributed by atoms with Gasteiger partial charge in [0.2, 0.25) is 17.8 Å². The summed E-state index contributed by atoms with van der Waals surface area (Å²) < 4.78 is 10.8. The normalized spacial score (nSPS) is 16.5. The van der Waals surface area contributed by atoms with Crippen molar-refractivity contribution in [1.29, 1.82) is 0 Å². The number of hydrogen-bond donors (Lipinski definition) is 3. The van der Waals surface area contributed by atoms with E-state index in [0.717, 1.165) is 34.0 Å². The molecular weight excluding hydrogens is 603 g/mol. The first kappa shape index (κ1) is 29.9. The number of aliphatic hydroxyl groups is 1. The van der Waals surface area contributed by atoms with Crippen LogP contribution in [-0.4, -0.2) is 72.3 Å². The highest BCUT2D eigenvalue weighted by atomic mass is 35.5. The summed E-state index contributed by atoms with van der Waals surface area (Å²) in [6.07, 6.45) is 0.680. The van der Waals surface area contributed by atoms with Crippen molar-refractivity contribution in [3.63, 3.8) is 0 Å². The van der Waals surface area contributed by atoms with Gasteiger partial charge in [-0.1, -0.05) is 47.5 Å². The third kappa shape index (κ3) is 6.97. The third-order valence-corrected chi connectivity index (χ3v) is 7.75. The van der Waals surface area contributed by atoms with Gasteiger partial charge in [-0.05, 0) is 53.6 Å². The Balaban J connectivity index is 1.25. The lowest BCUT2D eigenvalue weighted by atomic mass is 9.98. The lowest BCUT2D eigenvalue weighted by Gasteiger charge is -2.27. The van der Waals surface area contributed by atoms with Gasteiger partial charge in [-0.2, -0.15) is 20.1 Å². The van der Waals surface area contributed by atoms with Crippen molar-refractivity contribution in [3.8, 4) is 5.75 Å². The highest BCUT2D eigenvalue weighted by Gasteiger charge is 2.30. The van der Waals surface area contributed by atoms with Crippen molar-refractivity contribution >= 4 is 58.1 Å². The predicted octanol–water partition coefficient (Wildman–Crippen LogP) is 5.53. The summed E-state index contributed by atoms with van der Waals surface area (Å²) in [7, 11) is 1.65. The SMILES string of the molecule is COc1ccc(C2CC(c3ccc(Nc4nc(NCCO)nc(N5CCOCC5)n4)cc3)=NN2c2cc(Cl)cc(Cl)c2)cc1. The highest BCUT2D eigenvalue weighted by molar-refractivity contribution is 6.35. The number of anilines is 5. The Labute approximate surface area is 265 Å². The van der Waals surface area contributed by atoms with E-state index in [1.165, 1.54) is 0 Å². The standard InChI is InChI=1S/C31H32Cl2N8O3/c1-43-26-8-4-21(5-9-26)28-19-27(39-41(28)25-17-22(32)16-23(33)18-25)20-2-6-24(7-3-20)35-30-36-29(34-10-13-42)37-31(38-30)40-11-14-44-15-12-40/h2-9,16-18,28,42H,10-15,19H2,1H3,(H2,34,35,36,37,38). The van der Waals surface area contributed by atoms with Gasteiger partial charge in [0.1, 0.15) is 5.75 Å². The summed E-state index contributed by atoms with van der Waals surface area (Å²) in [5, 5.41) is 23.7. The van der Waals surface area contributed by atoms with E-state index in [2.05, 4.69) is 42.6 Å². The number of nitrogens with one attached hydrogen (secondary N) is 2. The molecule has 2 aliphatic rings. The fraction of sp³-hybridized carbons (Fsp3) is 0.290. The van der Waals surface area contributed by atoms with Gasteiger partial charge >= 0.3 is 0 Å². The molecule has 0 spiro atoms. The lowest BCUT2D eigenvalue weighted by Crippen LogP contribution is -2.37. The van der Waals surface area contributed by atoms with Crippen LogP contribution in [0.25, 0.3) is 0 Å². The van der Waals surface area contributed by atoms with Crippen LogP contribution in [0.1, 0.15) is 23.6 Å². The number of aromatic nitrogens is 3. The van der Waals surface area contributed by atoms with E-state index in [-0.39, 0.29) is 12.6 Å². The quantitative estimate of drug-likeness (QED) is 0.205. The van der Waals surface area contributed by atoms with Crippen LogP contribution in [0.3, 0.4) is 0 Å². The predicted molar refractivity (Wildman–Crippen MR) is 174 cm³/mol. The van der Waals surface area contributed by atoms with Crippen LogP contribution in [0, 0.1) is 0 Å². The Morgan fingerprint density at radius 3 is 2.32 bits per heavy atom. The number of ether oxygens (including phenoxy) is 2. The molecule has 13 heteroatoms. The van der Waals surface area contributed by atoms with Crippen LogP contribution in [0.2, 0.25) is 10.0 Å². The minimum absolute atomic E-state index is 0.0339. The number of hydrazone groups is 1. The van der Waals surface area contributed by atoms with E-state index < -0.39 is 0 Å². The van der Waals surface area contributed by atoms with Crippen molar-refractivity contribution in [2.45, 2.75) is 12.5 Å². The minimum Gasteiger partial charge on any atom is -0.497 e. The molecule has 228 valence electrons. The minimum atomic E-state index is -0.0584. The molecule has 6 rings (SSSR count). The van der Waals surface area contributed by atoms with E-state index in [0.29, 0.717) is 67.2 Å². The second-order valence-electron chi connectivity index (χ2n) is 10.2. The van der Waals surface area contributed by atoms with Gasteiger partial charge in [0.25, 0.3) is 0 Å². The fourth-order valence-corrected chi connectivity index (χ4v) is 5.64. The van der Waals surface area contributed by atoms with Crippen LogP contribution in [-0.2, 0) is 4.74 Å². The average molecular weight is 636 g/mol. The van der Waals surface area contributed by atoms with Crippen molar-refractivity contribution < 1.29 is 14.6 Å². The zero-order chi connectivity index (χ0) is 30.5. The zero-order valence-corrected chi connectivity index (χ0v) is 25.6. The lowest BCUT2D eigenvalue weighted by molar-refractivity contribution is 0.122. The summed E-state index contributed by atoms with van der Waals surface area (Å²) in [4.78, 5) is 15.7. The molecule has 0 radical (unpaired) electrons. The fourth-order valence-electron chi connectivity index (χ4n) is 5.13. The highest BCUT2D eigenvalue weighted by Crippen LogP contribution is 2.39. The maximum absolute atomic E-state index is 9.27. The molecule has 1 fully saturated rings. The average Bonchev–Trinajstić information content (AvgIpc) is 3.50. The first-order valence-electron chi connectivity index (χ1n) is 14.3. The largest absolute Gasteiger partial charge is 0.497 e. The van der Waals surface area contributed by atoms with Crippen molar-refractivity contribution in [3.05, 3.63) is 87.9 Å². The van der Waals surface area contributed by atoms with Crippen LogP contribution in [0.4, 0.5) is 29.2 Å². The summed E-state index contributed by atoms with van der Waals surface area (Å²) >= 11 is 12.7. The number of rotatable bonds is 10. The Morgan fingerprint density at radius 2 is 1.64 bits per heavy atom. The smallest absolute Gasteiger partial charge is 0.233 e. The maximum Gasteiger partial charge on any atom is 0.233 e. The second-order valence-corrected chi connectivity index (χ2v) is 11.1. The molecule has 1 unspecified atom stereocenters. The van der Waals surface area contributed by atoms with E-state index in [4.69, 9.17) is 37.8 Å². The van der Waals surface area contributed by atoms with Gasteiger partial charge in [-0.15, -0.1) is 0 Å². The first-order valence-corrected chi connectivity index (χ1v) is 15.0. The Morgan fingerprint density at radius 1 is 0.932 bits per heavy atom. The van der Waals surface area contributed by atoms with Gasteiger partial charge in [0.05, 0.1) is 44.4 Å². The van der Waals surface area contributed by atoms with E-state index >= 15 is 0 Å². The summed E-state index contributed by atoms with van der Waals surface area (Å²) in [5.74, 6) is 2.13. The molecule has 11 nitrogen and oxygen atoms in total. The summed E-state index contributed by atoms with van der Waals surface area (Å²) in [5.41, 5.74) is 4.63. The first-order chi connectivity index (χ1) is 21.5. The number of hydrogen-bond acceptors (Lipinski definition) is 11. The van der Waals surface area contributed by atoms with Crippen molar-refractivity contribution in [2.24, 2.45) is 5.10 Å². The number of methoxy groups -OCH3 is 1. The number of nitrogens with zero attached hydrogens (tertiary/aromatic N) is 6. The van der Waals surface area contributed by atoms with Crippen LogP contribution < -0.4 is 25.3 Å². The molecule has 1 aromatic heterocycles. The molecule has 1 saturated heterocycles. The molecule has 3 aromatic carbocycles. The molecule has 3 heterocycles. The van der Waals surface area contributed by atoms with Crippen LogP contribution >= 0.6 is 23.2 Å². The topological polar surface area (TPSA) is 120 Å². The summed E-state index contributed by atoms with van der Waals surface area (Å²) in [6, 6.07) is 21.4. The number of benzene rings is 3. The van der Waals surface area contributed by atoms with Crippen molar-refractivity contribution in [1.82, 2.24) is 15.0 Å². The second kappa shape index (κ2) is 13.6. The third-order valence-electron chi connectivity index (χ3n) is 7.31. The Bertz CT molecular complexity index is 1600. The molecule has 44 heavy (non-hydrogen) atoms. The summed E-state index contributed by atoms with van der Waals surface area (Å²) in [6.45, 7) is 2.90. The Kier molecular flexibility index (Phi) is 9.27. The molecule has 0 saturated carbocycles. The zero-order valence-electron chi connectivity index (χ0n) is 24.1. The molecule has 2 aliphatic heterocycles.